The van der Waals surface area contributed by atoms with Gasteiger partial charge in [0, 0.05) is 34.2 Å². The smallest absolute Gasteiger partial charge is 0.414 e. The summed E-state index contributed by atoms with van der Waals surface area (Å²) in [6, 6.07) is 11.8. The molecule has 2 aromatic heterocycles. The number of fused-ring (bicyclic) bond motifs is 1. The number of aromatic nitrogens is 2. The topological polar surface area (TPSA) is 119 Å². The second-order valence-corrected chi connectivity index (χ2v) is 13.2. The minimum Gasteiger partial charge on any atom is -0.487 e. The van der Waals surface area contributed by atoms with Crippen LogP contribution in [0.15, 0.2) is 64.3 Å². The van der Waals surface area contributed by atoms with Crippen LogP contribution in [-0.2, 0) is 28.0 Å². The highest BCUT2D eigenvalue weighted by Gasteiger charge is 2.58. The van der Waals surface area contributed by atoms with E-state index in [0.717, 1.165) is 3.97 Å². The van der Waals surface area contributed by atoms with E-state index in [9.17, 15) is 31.9 Å². The molecule has 0 aliphatic heterocycles. The molecule has 0 spiro atoms. The minimum atomic E-state index is -4.31. The maximum absolute atomic E-state index is 14.3. The summed E-state index contributed by atoms with van der Waals surface area (Å²) in [5.41, 5.74) is 1.69. The van der Waals surface area contributed by atoms with Crippen molar-refractivity contribution in [1.82, 2.24) is 13.9 Å². The first-order valence-electron chi connectivity index (χ1n) is 12.8. The second kappa shape index (κ2) is 9.62. The van der Waals surface area contributed by atoms with Crippen LogP contribution in [0.25, 0.3) is 10.9 Å². The Hall–Kier alpha value is -3.84. The van der Waals surface area contributed by atoms with Gasteiger partial charge in [0.15, 0.2) is 0 Å². The Morgan fingerprint density at radius 1 is 1.20 bits per heavy atom. The summed E-state index contributed by atoms with van der Waals surface area (Å²) in [4.78, 5) is 30.0. The van der Waals surface area contributed by atoms with Gasteiger partial charge < -0.3 is 9.84 Å². The average molecular weight is 602 g/mol. The van der Waals surface area contributed by atoms with E-state index in [2.05, 4.69) is 4.98 Å². The first kappa shape index (κ1) is 27.3. The standard InChI is InChI=1S/C28H25F2N3O6S2/c1-27(7-8-27)25(34)32(26(35)36)13-19-9-17-10-21(22-12-28(22,29)30)24(39-14-18-15-40-16-31-18)11-23(17)33(19)41(37,38)20-5-3-2-4-6-20/h2-6,9-11,15-16,22H,7-8,12-14H2,1H3,(H,35,36). The molecule has 1 atom stereocenters. The van der Waals surface area contributed by atoms with Crippen molar-refractivity contribution < 1.29 is 36.6 Å². The Kier molecular flexibility index (Phi) is 6.42. The zero-order valence-electron chi connectivity index (χ0n) is 21.8. The fourth-order valence-corrected chi connectivity index (χ4v) is 6.99. The first-order chi connectivity index (χ1) is 19.4. The normalized spacial score (nSPS) is 18.7. The van der Waals surface area contributed by atoms with Crippen LogP contribution in [0.3, 0.4) is 0 Å². The molecule has 0 saturated heterocycles. The highest BCUT2D eigenvalue weighted by atomic mass is 32.2. The van der Waals surface area contributed by atoms with Gasteiger partial charge in [0.2, 0.25) is 5.91 Å². The summed E-state index contributed by atoms with van der Waals surface area (Å²) < 4.78 is 63.4. The van der Waals surface area contributed by atoms with Gasteiger partial charge in [-0.25, -0.2) is 35.8 Å². The van der Waals surface area contributed by atoms with Gasteiger partial charge in [0.1, 0.15) is 12.4 Å². The molecule has 0 radical (unpaired) electrons. The number of hydrogen-bond donors (Lipinski definition) is 1. The second-order valence-electron chi connectivity index (χ2n) is 10.7. The van der Waals surface area contributed by atoms with E-state index in [1.807, 2.05) is 0 Å². The van der Waals surface area contributed by atoms with Crippen LogP contribution >= 0.6 is 11.3 Å². The molecule has 2 heterocycles. The van der Waals surface area contributed by atoms with E-state index in [4.69, 9.17) is 4.74 Å². The van der Waals surface area contributed by atoms with Crippen molar-refractivity contribution in [2.45, 2.75) is 56.1 Å². The Balaban J connectivity index is 1.52. The predicted octanol–water partition coefficient (Wildman–Crippen LogP) is 5.84. The van der Waals surface area contributed by atoms with E-state index < -0.39 is 45.8 Å². The van der Waals surface area contributed by atoms with Gasteiger partial charge in [-0.3, -0.25) is 4.79 Å². The largest absolute Gasteiger partial charge is 0.487 e. The van der Waals surface area contributed by atoms with Crippen LogP contribution in [0.2, 0.25) is 0 Å². The summed E-state index contributed by atoms with van der Waals surface area (Å²) in [5.74, 6) is -4.58. The molecule has 13 heteroatoms. The van der Waals surface area contributed by atoms with Crippen molar-refractivity contribution in [1.29, 1.82) is 0 Å². The van der Waals surface area contributed by atoms with Crippen LogP contribution in [0.1, 0.15) is 49.1 Å². The molecule has 1 unspecified atom stereocenters. The van der Waals surface area contributed by atoms with E-state index >= 15 is 0 Å². The summed E-state index contributed by atoms with van der Waals surface area (Å²) in [6.45, 7) is 1.10. The number of nitrogens with zero attached hydrogens (tertiary/aromatic N) is 3. The zero-order chi connectivity index (χ0) is 29.2. The van der Waals surface area contributed by atoms with Gasteiger partial charge in [-0.15, -0.1) is 11.3 Å². The lowest BCUT2D eigenvalue weighted by atomic mass is 10.1. The van der Waals surface area contributed by atoms with Gasteiger partial charge in [-0.2, -0.15) is 0 Å². The highest BCUT2D eigenvalue weighted by Crippen LogP contribution is 2.58. The zero-order valence-corrected chi connectivity index (χ0v) is 23.4. The van der Waals surface area contributed by atoms with Crippen molar-refractivity contribution in [3.05, 3.63) is 76.4 Å². The lowest BCUT2D eigenvalue weighted by Crippen LogP contribution is -2.40. The van der Waals surface area contributed by atoms with E-state index in [-0.39, 0.29) is 40.4 Å². The van der Waals surface area contributed by atoms with E-state index in [0.29, 0.717) is 28.8 Å². The molecule has 214 valence electrons. The summed E-state index contributed by atoms with van der Waals surface area (Å²) >= 11 is 1.35. The summed E-state index contributed by atoms with van der Waals surface area (Å²) in [6.07, 6.45) is -0.830. The average Bonchev–Trinajstić information content (AvgIpc) is 3.66. The van der Waals surface area contributed by atoms with Crippen LogP contribution < -0.4 is 4.74 Å². The SMILES string of the molecule is CC1(C(=O)N(Cc2cc3cc(C4CC4(F)F)c(OCc4cscn4)cc3n2S(=O)(=O)c2ccccc2)C(=O)O)CC1. The molecular formula is C28H25F2N3O6S2. The van der Waals surface area contributed by atoms with Gasteiger partial charge in [-0.05, 0) is 37.1 Å². The number of carbonyl (C=O) groups is 2. The molecule has 2 amide bonds. The Morgan fingerprint density at radius 3 is 2.49 bits per heavy atom. The predicted molar refractivity (Wildman–Crippen MR) is 146 cm³/mol. The lowest BCUT2D eigenvalue weighted by molar-refractivity contribution is -0.134. The van der Waals surface area contributed by atoms with Crippen molar-refractivity contribution in [3.8, 4) is 5.75 Å². The number of benzene rings is 2. The molecule has 2 aromatic carbocycles. The van der Waals surface area contributed by atoms with Gasteiger partial charge >= 0.3 is 6.09 Å². The molecule has 6 rings (SSSR count). The molecule has 41 heavy (non-hydrogen) atoms. The number of rotatable bonds is 9. The quantitative estimate of drug-likeness (QED) is 0.256. The fourth-order valence-electron chi connectivity index (χ4n) is 4.90. The maximum Gasteiger partial charge on any atom is 0.414 e. The monoisotopic (exact) mass is 601 g/mol. The van der Waals surface area contributed by atoms with E-state index in [1.54, 1.807) is 36.0 Å². The van der Waals surface area contributed by atoms with E-state index in [1.165, 1.54) is 41.7 Å². The third kappa shape index (κ3) is 4.97. The van der Waals surface area contributed by atoms with Crippen molar-refractivity contribution in [2.75, 3.05) is 0 Å². The van der Waals surface area contributed by atoms with Gasteiger partial charge in [0.25, 0.3) is 15.9 Å². The fraction of sp³-hybridized carbons (Fsp3) is 0.321. The third-order valence-corrected chi connectivity index (χ3v) is 10.0. The van der Waals surface area contributed by atoms with Crippen molar-refractivity contribution >= 4 is 44.3 Å². The van der Waals surface area contributed by atoms with Gasteiger partial charge in [0.05, 0.1) is 39.8 Å². The Morgan fingerprint density at radius 2 is 1.90 bits per heavy atom. The molecule has 2 aliphatic rings. The van der Waals surface area contributed by atoms with Crippen LogP contribution in [-0.4, -0.2) is 45.3 Å². The number of halogens is 2. The minimum absolute atomic E-state index is 0.00554. The molecule has 4 aromatic rings. The number of thiazole rings is 1. The Labute approximate surface area is 238 Å². The van der Waals surface area contributed by atoms with Crippen LogP contribution in [0.4, 0.5) is 13.6 Å². The number of alkyl halides is 2. The van der Waals surface area contributed by atoms with Gasteiger partial charge in [-0.1, -0.05) is 25.1 Å². The van der Waals surface area contributed by atoms with Crippen molar-refractivity contribution in [2.24, 2.45) is 5.41 Å². The van der Waals surface area contributed by atoms with Crippen molar-refractivity contribution in [3.63, 3.8) is 0 Å². The van der Waals surface area contributed by atoms with Crippen LogP contribution in [0.5, 0.6) is 5.75 Å². The molecule has 1 N–H and O–H groups in total. The summed E-state index contributed by atoms with van der Waals surface area (Å²) in [5, 5.41) is 12.0. The number of carbonyl (C=O) groups excluding carboxylic acids is 1. The molecule has 2 fully saturated rings. The van der Waals surface area contributed by atoms with Crippen LogP contribution in [0, 0.1) is 5.41 Å². The lowest BCUT2D eigenvalue weighted by Gasteiger charge is -2.22. The maximum atomic E-state index is 14.3. The number of imide groups is 1. The first-order valence-corrected chi connectivity index (χ1v) is 15.2. The molecule has 9 nitrogen and oxygen atoms in total. The molecule has 0 bridgehead atoms. The number of amides is 2. The Bertz CT molecular complexity index is 1770. The third-order valence-electron chi connectivity index (χ3n) is 7.62. The highest BCUT2D eigenvalue weighted by molar-refractivity contribution is 7.90. The summed E-state index contributed by atoms with van der Waals surface area (Å²) in [7, 11) is -4.31. The molecular weight excluding hydrogens is 576 g/mol. The molecule has 2 aliphatic carbocycles. The number of hydrogen-bond acceptors (Lipinski definition) is 7. The molecule has 2 saturated carbocycles. The number of ether oxygens (including phenoxy) is 1. The number of carboxylic acid groups (broad SMARTS) is 1.